The number of aromatic nitrogens is 1. The molecule has 0 bridgehead atoms. The third kappa shape index (κ3) is 5.49. The second-order valence-corrected chi connectivity index (χ2v) is 8.02. The molecule has 1 atom stereocenters. The minimum atomic E-state index is -0.177. The zero-order valence-corrected chi connectivity index (χ0v) is 18.5. The maximum Gasteiger partial charge on any atom is 0.227 e. The van der Waals surface area contributed by atoms with Crippen molar-refractivity contribution in [1.82, 2.24) is 10.3 Å². The molecular formula is C24H29ClN4O. The molecule has 1 heterocycles. The summed E-state index contributed by atoms with van der Waals surface area (Å²) in [6.07, 6.45) is 1.71. The predicted octanol–water partition coefficient (Wildman–Crippen LogP) is 4.75. The summed E-state index contributed by atoms with van der Waals surface area (Å²) in [5, 5.41) is 7.55. The lowest BCUT2D eigenvalue weighted by Crippen LogP contribution is -2.23. The van der Waals surface area contributed by atoms with Crippen molar-refractivity contribution in [2.24, 2.45) is 5.92 Å². The van der Waals surface area contributed by atoms with E-state index >= 15 is 0 Å². The van der Waals surface area contributed by atoms with Gasteiger partial charge in [0.05, 0.1) is 16.2 Å². The lowest BCUT2D eigenvalue weighted by molar-refractivity contribution is -0.119. The summed E-state index contributed by atoms with van der Waals surface area (Å²) >= 11 is 6.44. The summed E-state index contributed by atoms with van der Waals surface area (Å²) in [6, 6.07) is 17.7. The number of halogens is 1. The van der Waals surface area contributed by atoms with Gasteiger partial charge in [-0.05, 0) is 56.3 Å². The molecule has 2 aromatic carbocycles. The van der Waals surface area contributed by atoms with Crippen molar-refractivity contribution in [2.75, 3.05) is 37.4 Å². The summed E-state index contributed by atoms with van der Waals surface area (Å²) in [5.74, 6) is 0.668. The van der Waals surface area contributed by atoms with E-state index in [2.05, 4.69) is 15.5 Å². The average Bonchev–Trinajstić information content (AvgIpc) is 2.76. The number of anilines is 2. The SMILES string of the molecule is CNCCCN(C)c1ccc2c(NC(=O)[C@H](C)Cc3ccccc3)c(Cl)ccc2n1. The fourth-order valence-electron chi connectivity index (χ4n) is 3.42. The van der Waals surface area contributed by atoms with Crippen molar-refractivity contribution in [3.8, 4) is 0 Å². The van der Waals surface area contributed by atoms with E-state index in [9.17, 15) is 4.79 Å². The summed E-state index contributed by atoms with van der Waals surface area (Å²) < 4.78 is 0. The number of pyridine rings is 1. The number of fused-ring (bicyclic) bond motifs is 1. The van der Waals surface area contributed by atoms with E-state index < -0.39 is 0 Å². The van der Waals surface area contributed by atoms with Crippen LogP contribution in [0.15, 0.2) is 54.6 Å². The Kier molecular flexibility index (Phi) is 7.66. The molecule has 1 amide bonds. The molecule has 0 aliphatic rings. The fourth-order valence-corrected chi connectivity index (χ4v) is 3.63. The van der Waals surface area contributed by atoms with Gasteiger partial charge in [0, 0.05) is 24.9 Å². The van der Waals surface area contributed by atoms with Crippen molar-refractivity contribution >= 4 is 39.9 Å². The first-order chi connectivity index (χ1) is 14.5. The molecule has 0 unspecified atom stereocenters. The molecule has 0 aliphatic heterocycles. The minimum absolute atomic E-state index is 0.0542. The molecule has 3 rings (SSSR count). The molecule has 2 N–H and O–H groups in total. The van der Waals surface area contributed by atoms with Gasteiger partial charge in [-0.2, -0.15) is 0 Å². The maximum atomic E-state index is 12.8. The third-order valence-electron chi connectivity index (χ3n) is 5.20. The van der Waals surface area contributed by atoms with E-state index in [0.717, 1.165) is 41.8 Å². The molecule has 3 aromatic rings. The highest BCUT2D eigenvalue weighted by atomic mass is 35.5. The van der Waals surface area contributed by atoms with Crippen molar-refractivity contribution in [1.29, 1.82) is 0 Å². The Labute approximate surface area is 183 Å². The van der Waals surface area contributed by atoms with Crippen LogP contribution in [-0.2, 0) is 11.2 Å². The maximum absolute atomic E-state index is 12.8. The fraction of sp³-hybridized carbons (Fsp3) is 0.333. The zero-order valence-electron chi connectivity index (χ0n) is 17.8. The molecule has 5 nitrogen and oxygen atoms in total. The lowest BCUT2D eigenvalue weighted by atomic mass is 10.00. The van der Waals surface area contributed by atoms with E-state index in [-0.39, 0.29) is 11.8 Å². The van der Waals surface area contributed by atoms with Gasteiger partial charge in [0.25, 0.3) is 0 Å². The third-order valence-corrected chi connectivity index (χ3v) is 5.51. The number of rotatable bonds is 9. The first-order valence-corrected chi connectivity index (χ1v) is 10.7. The standard InChI is InChI=1S/C24H29ClN4O/c1-17(16-18-8-5-4-6-9-18)24(30)28-23-19-10-13-22(29(3)15-7-14-26-2)27-21(19)12-11-20(23)25/h4-6,8-13,17,26H,7,14-16H2,1-3H3,(H,28,30)/t17-/m1/s1. The molecular weight excluding hydrogens is 396 g/mol. The number of hydrogen-bond donors (Lipinski definition) is 2. The van der Waals surface area contributed by atoms with E-state index in [1.165, 1.54) is 0 Å². The molecule has 0 spiro atoms. The van der Waals surface area contributed by atoms with Crippen molar-refractivity contribution in [3.63, 3.8) is 0 Å². The summed E-state index contributed by atoms with van der Waals surface area (Å²) in [4.78, 5) is 19.7. The molecule has 158 valence electrons. The van der Waals surface area contributed by atoms with E-state index in [4.69, 9.17) is 16.6 Å². The molecule has 1 aromatic heterocycles. The van der Waals surface area contributed by atoms with Gasteiger partial charge in [0.15, 0.2) is 0 Å². The number of carbonyl (C=O) groups excluding carboxylic acids is 1. The van der Waals surface area contributed by atoms with E-state index in [1.54, 1.807) is 6.07 Å². The van der Waals surface area contributed by atoms with E-state index in [1.807, 2.05) is 69.6 Å². The molecule has 0 saturated heterocycles. The normalized spacial score (nSPS) is 12.0. The van der Waals surface area contributed by atoms with Gasteiger partial charge in [0.2, 0.25) is 5.91 Å². The quantitative estimate of drug-likeness (QED) is 0.486. The molecule has 30 heavy (non-hydrogen) atoms. The Balaban J connectivity index is 1.77. The highest BCUT2D eigenvalue weighted by Crippen LogP contribution is 2.32. The molecule has 0 aliphatic carbocycles. The Bertz CT molecular complexity index is 993. The lowest BCUT2D eigenvalue weighted by Gasteiger charge is -2.19. The van der Waals surface area contributed by atoms with Crippen LogP contribution in [-0.4, -0.2) is 38.1 Å². The van der Waals surface area contributed by atoms with Gasteiger partial charge in [-0.1, -0.05) is 48.9 Å². The largest absolute Gasteiger partial charge is 0.360 e. The van der Waals surface area contributed by atoms with Gasteiger partial charge in [-0.15, -0.1) is 0 Å². The minimum Gasteiger partial charge on any atom is -0.360 e. The topological polar surface area (TPSA) is 57.3 Å². The molecule has 0 fully saturated rings. The summed E-state index contributed by atoms with van der Waals surface area (Å²) in [6.45, 7) is 3.80. The predicted molar refractivity (Wildman–Crippen MR) is 127 cm³/mol. The van der Waals surface area contributed by atoms with Crippen LogP contribution < -0.4 is 15.5 Å². The smallest absolute Gasteiger partial charge is 0.227 e. The van der Waals surface area contributed by atoms with Gasteiger partial charge < -0.3 is 15.5 Å². The highest BCUT2D eigenvalue weighted by Gasteiger charge is 2.17. The van der Waals surface area contributed by atoms with Gasteiger partial charge >= 0.3 is 0 Å². The molecule has 0 radical (unpaired) electrons. The van der Waals surface area contributed by atoms with Crippen molar-refractivity contribution in [3.05, 3.63) is 65.2 Å². The Morgan fingerprint density at radius 2 is 1.90 bits per heavy atom. The van der Waals surface area contributed by atoms with Crippen molar-refractivity contribution in [2.45, 2.75) is 19.8 Å². The van der Waals surface area contributed by atoms with Crippen LogP contribution in [0.25, 0.3) is 10.9 Å². The number of benzene rings is 2. The number of amides is 1. The zero-order chi connectivity index (χ0) is 21.5. The summed E-state index contributed by atoms with van der Waals surface area (Å²) in [5.41, 5.74) is 2.57. The number of hydrogen-bond acceptors (Lipinski definition) is 4. The van der Waals surface area contributed by atoms with Crippen molar-refractivity contribution < 1.29 is 4.79 Å². The van der Waals surface area contributed by atoms with Gasteiger partial charge in [-0.25, -0.2) is 4.98 Å². The van der Waals surface area contributed by atoms with Crippen LogP contribution >= 0.6 is 11.6 Å². The van der Waals surface area contributed by atoms with Crippen LogP contribution in [0, 0.1) is 5.92 Å². The van der Waals surface area contributed by atoms with Crippen LogP contribution in [0.4, 0.5) is 11.5 Å². The molecule has 0 saturated carbocycles. The van der Waals surface area contributed by atoms with Gasteiger partial charge in [-0.3, -0.25) is 4.79 Å². The Morgan fingerprint density at radius 1 is 1.13 bits per heavy atom. The number of carbonyl (C=O) groups is 1. The van der Waals surface area contributed by atoms with Crippen LogP contribution in [0.1, 0.15) is 18.9 Å². The van der Waals surface area contributed by atoms with E-state index in [0.29, 0.717) is 17.1 Å². The first-order valence-electron chi connectivity index (χ1n) is 10.3. The summed E-state index contributed by atoms with van der Waals surface area (Å²) in [7, 11) is 3.99. The van der Waals surface area contributed by atoms with Crippen LogP contribution in [0.3, 0.4) is 0 Å². The average molecular weight is 425 g/mol. The monoisotopic (exact) mass is 424 g/mol. The Morgan fingerprint density at radius 3 is 2.63 bits per heavy atom. The van der Waals surface area contributed by atoms with Crippen LogP contribution in [0.5, 0.6) is 0 Å². The second-order valence-electron chi connectivity index (χ2n) is 7.62. The first kappa shape index (κ1) is 22.1. The number of nitrogens with one attached hydrogen (secondary N) is 2. The second kappa shape index (κ2) is 10.4. The Hall–Kier alpha value is -2.63. The number of nitrogens with zero attached hydrogens (tertiary/aromatic N) is 2. The van der Waals surface area contributed by atoms with Gasteiger partial charge in [0.1, 0.15) is 5.82 Å². The van der Waals surface area contributed by atoms with Crippen LogP contribution in [0.2, 0.25) is 5.02 Å². The highest BCUT2D eigenvalue weighted by molar-refractivity contribution is 6.35. The molecule has 6 heteroatoms.